The van der Waals surface area contributed by atoms with Gasteiger partial charge in [0.2, 0.25) is 0 Å². The molecule has 1 aromatic heterocycles. The zero-order chi connectivity index (χ0) is 25.4. The molecule has 1 saturated carbocycles. The summed E-state index contributed by atoms with van der Waals surface area (Å²) in [5, 5.41) is 14.9. The molecule has 2 aliphatic rings. The minimum atomic E-state index is -0.999. The number of fused-ring (bicyclic) bond motifs is 1. The summed E-state index contributed by atoms with van der Waals surface area (Å²) in [6.07, 6.45) is 4.98. The molecule has 0 saturated heterocycles. The summed E-state index contributed by atoms with van der Waals surface area (Å²) >= 11 is 0. The van der Waals surface area contributed by atoms with Crippen LogP contribution in [0.3, 0.4) is 0 Å². The number of rotatable bonds is 8. The SMILES string of the molecule is CNCc1cc([C@@H]2CCc3ccc([C@H](C4CC4)[C@H](C)C(=O)[O-])cc3O2)ccc1-c1cc(C)ncc1F.[Na+]. The number of nitrogens with zero attached hydrogens (tertiary/aromatic N) is 1. The first-order valence-corrected chi connectivity index (χ1v) is 12.8. The standard InChI is InChI=1S/C30H33FN2O3.Na/c1-17-12-25(26(31)16-33-17)24-10-8-21(13-23(24)15-32-3)27-11-9-19-4-7-22(14-28(19)36-27)29(20-5-6-20)18(2)30(34)35;/h4,7-8,10,12-14,16,18,20,27,29,32H,5-6,9,11,15H2,1-3H3,(H,34,35);/q;+1/p-1/t18-,27-,29-;/m0./s1. The van der Waals surface area contributed by atoms with Gasteiger partial charge in [-0.1, -0.05) is 37.3 Å². The van der Waals surface area contributed by atoms with Crippen molar-refractivity contribution in [2.75, 3.05) is 7.05 Å². The second-order valence-electron chi connectivity index (χ2n) is 10.2. The Morgan fingerprint density at radius 1 is 1.16 bits per heavy atom. The van der Waals surface area contributed by atoms with Crippen LogP contribution in [0.4, 0.5) is 4.39 Å². The van der Waals surface area contributed by atoms with Gasteiger partial charge in [0.15, 0.2) is 0 Å². The summed E-state index contributed by atoms with van der Waals surface area (Å²) in [5.41, 5.74) is 6.37. The summed E-state index contributed by atoms with van der Waals surface area (Å²) in [6, 6.07) is 14.1. The van der Waals surface area contributed by atoms with E-state index in [-0.39, 0.29) is 47.4 Å². The number of ether oxygens (including phenoxy) is 1. The minimum absolute atomic E-state index is 0. The van der Waals surface area contributed by atoms with E-state index in [0.29, 0.717) is 18.0 Å². The Bertz CT molecular complexity index is 1290. The number of carboxylic acid groups (broad SMARTS) is 1. The number of hydrogen-bond donors (Lipinski definition) is 1. The fourth-order valence-corrected chi connectivity index (χ4v) is 5.56. The molecule has 1 aliphatic heterocycles. The summed E-state index contributed by atoms with van der Waals surface area (Å²) in [5.74, 6) is -0.703. The van der Waals surface area contributed by atoms with Crippen molar-refractivity contribution in [3.05, 3.63) is 82.4 Å². The number of carbonyl (C=O) groups is 1. The van der Waals surface area contributed by atoms with Crippen LogP contribution in [0.25, 0.3) is 11.1 Å². The molecule has 5 rings (SSSR count). The van der Waals surface area contributed by atoms with Gasteiger partial charge in [-0.15, -0.1) is 0 Å². The molecule has 5 nitrogen and oxygen atoms in total. The van der Waals surface area contributed by atoms with Crippen LogP contribution in [0.5, 0.6) is 5.75 Å². The van der Waals surface area contributed by atoms with Crippen LogP contribution in [0.2, 0.25) is 0 Å². The van der Waals surface area contributed by atoms with Crippen LogP contribution < -0.4 is 44.7 Å². The molecule has 7 heteroatoms. The first-order valence-electron chi connectivity index (χ1n) is 12.8. The summed E-state index contributed by atoms with van der Waals surface area (Å²) in [6.45, 7) is 4.21. The molecule has 1 fully saturated rings. The Morgan fingerprint density at radius 2 is 1.95 bits per heavy atom. The van der Waals surface area contributed by atoms with Crippen molar-refractivity contribution >= 4 is 5.97 Å². The minimum Gasteiger partial charge on any atom is -0.550 e. The van der Waals surface area contributed by atoms with Crippen molar-refractivity contribution in [2.45, 2.75) is 58.1 Å². The topological polar surface area (TPSA) is 74.3 Å². The van der Waals surface area contributed by atoms with E-state index in [2.05, 4.69) is 28.5 Å². The van der Waals surface area contributed by atoms with Gasteiger partial charge < -0.3 is 20.0 Å². The average Bonchev–Trinajstić information content (AvgIpc) is 3.70. The van der Waals surface area contributed by atoms with E-state index in [4.69, 9.17) is 4.74 Å². The molecule has 0 spiro atoms. The number of benzene rings is 2. The Kier molecular flexibility index (Phi) is 8.74. The molecule has 188 valence electrons. The van der Waals surface area contributed by atoms with Gasteiger partial charge in [-0.3, -0.25) is 4.98 Å². The maximum atomic E-state index is 14.6. The molecular formula is C30H32FN2NaO3. The van der Waals surface area contributed by atoms with Crippen molar-refractivity contribution in [1.29, 1.82) is 0 Å². The van der Waals surface area contributed by atoms with Gasteiger partial charge >= 0.3 is 29.6 Å². The maximum absolute atomic E-state index is 14.6. The molecule has 3 aromatic rings. The molecule has 0 unspecified atom stereocenters. The first-order chi connectivity index (χ1) is 17.4. The van der Waals surface area contributed by atoms with E-state index >= 15 is 0 Å². The van der Waals surface area contributed by atoms with Crippen LogP contribution in [0.15, 0.2) is 48.7 Å². The van der Waals surface area contributed by atoms with Crippen LogP contribution in [0.1, 0.15) is 66.2 Å². The Morgan fingerprint density at radius 3 is 2.65 bits per heavy atom. The average molecular weight is 511 g/mol. The van der Waals surface area contributed by atoms with Gasteiger partial charge in [0.05, 0.1) is 6.20 Å². The monoisotopic (exact) mass is 510 g/mol. The Hall–Kier alpha value is -2.25. The third kappa shape index (κ3) is 5.93. The third-order valence-electron chi connectivity index (χ3n) is 7.61. The van der Waals surface area contributed by atoms with E-state index in [1.807, 2.05) is 32.2 Å². The number of aryl methyl sites for hydroxylation is 2. The molecule has 2 aromatic carbocycles. The molecular weight excluding hydrogens is 478 g/mol. The number of hydrogen-bond acceptors (Lipinski definition) is 5. The smallest absolute Gasteiger partial charge is 0.550 e. The number of aromatic nitrogens is 1. The molecule has 37 heavy (non-hydrogen) atoms. The molecule has 0 amide bonds. The molecule has 0 radical (unpaired) electrons. The maximum Gasteiger partial charge on any atom is 1.00 e. The predicted octanol–water partition coefficient (Wildman–Crippen LogP) is 1.87. The number of aliphatic carboxylic acids is 1. The second-order valence-corrected chi connectivity index (χ2v) is 10.2. The van der Waals surface area contributed by atoms with Crippen LogP contribution in [-0.4, -0.2) is 18.0 Å². The van der Waals surface area contributed by atoms with Crippen molar-refractivity contribution < 1.29 is 48.6 Å². The van der Waals surface area contributed by atoms with Crippen molar-refractivity contribution in [2.24, 2.45) is 11.8 Å². The Labute approximate surface area is 240 Å². The van der Waals surface area contributed by atoms with Gasteiger partial charge in [-0.2, -0.15) is 0 Å². The van der Waals surface area contributed by atoms with Crippen LogP contribution in [0, 0.1) is 24.6 Å². The molecule has 0 bridgehead atoms. The number of pyridine rings is 1. The third-order valence-corrected chi connectivity index (χ3v) is 7.61. The number of carboxylic acids is 1. The van der Waals surface area contributed by atoms with E-state index < -0.39 is 11.9 Å². The fraction of sp³-hybridized carbons (Fsp3) is 0.400. The van der Waals surface area contributed by atoms with E-state index in [1.165, 1.54) is 6.20 Å². The van der Waals surface area contributed by atoms with E-state index in [1.54, 1.807) is 13.0 Å². The van der Waals surface area contributed by atoms with Crippen LogP contribution in [-0.2, 0) is 17.8 Å². The normalized spacial score (nSPS) is 18.2. The van der Waals surface area contributed by atoms with Crippen LogP contribution >= 0.6 is 0 Å². The van der Waals surface area contributed by atoms with Gasteiger partial charge in [0.25, 0.3) is 0 Å². The van der Waals surface area contributed by atoms with Crippen molar-refractivity contribution in [1.82, 2.24) is 10.3 Å². The molecule has 1 N–H and O–H groups in total. The van der Waals surface area contributed by atoms with E-state index in [9.17, 15) is 14.3 Å². The van der Waals surface area contributed by atoms with Gasteiger partial charge in [-0.25, -0.2) is 4.39 Å². The summed E-state index contributed by atoms with van der Waals surface area (Å²) in [4.78, 5) is 15.7. The zero-order valence-corrected chi connectivity index (χ0v) is 24.0. The molecule has 2 heterocycles. The fourth-order valence-electron chi connectivity index (χ4n) is 5.56. The van der Waals surface area contributed by atoms with E-state index in [0.717, 1.165) is 64.9 Å². The Balaban J connectivity index is 0.00000320. The van der Waals surface area contributed by atoms with Gasteiger partial charge in [-0.05, 0) is 91.4 Å². The van der Waals surface area contributed by atoms with Crippen molar-refractivity contribution in [3.63, 3.8) is 0 Å². The summed E-state index contributed by atoms with van der Waals surface area (Å²) in [7, 11) is 1.88. The zero-order valence-electron chi connectivity index (χ0n) is 22.0. The van der Waals surface area contributed by atoms with Gasteiger partial charge in [0, 0.05) is 29.7 Å². The summed E-state index contributed by atoms with van der Waals surface area (Å²) < 4.78 is 21.1. The number of halogens is 1. The first kappa shape index (κ1) is 27.8. The van der Waals surface area contributed by atoms with Gasteiger partial charge in [0.1, 0.15) is 17.7 Å². The second kappa shape index (κ2) is 11.6. The molecule has 3 atom stereocenters. The predicted molar refractivity (Wildman–Crippen MR) is 135 cm³/mol. The largest absolute Gasteiger partial charge is 1.00 e. The quantitative estimate of drug-likeness (QED) is 0.469. The van der Waals surface area contributed by atoms with Crippen molar-refractivity contribution in [3.8, 4) is 16.9 Å². The number of nitrogens with one attached hydrogen (secondary N) is 1. The number of carbonyl (C=O) groups excluding carboxylic acids is 1. The molecule has 1 aliphatic carbocycles.